The third-order valence-electron chi connectivity index (χ3n) is 4.54. The van der Waals surface area contributed by atoms with E-state index in [0.29, 0.717) is 18.7 Å². The Morgan fingerprint density at radius 3 is 2.61 bits per heavy atom. The van der Waals surface area contributed by atoms with E-state index < -0.39 is 10.0 Å². The molecule has 2 aromatic heterocycles. The van der Waals surface area contributed by atoms with Gasteiger partial charge >= 0.3 is 5.97 Å². The highest BCUT2D eigenvalue weighted by Crippen LogP contribution is 2.25. The minimum absolute atomic E-state index is 0.0872. The maximum Gasteiger partial charge on any atom is 0.309 e. The average molecular weight is 408 g/mol. The number of hydrogen-bond acceptors (Lipinski definition) is 8. The number of ether oxygens (including phenoxy) is 1. The number of nitrogens with zero attached hydrogens (tertiary/aromatic N) is 4. The third-order valence-corrected chi connectivity index (χ3v) is 6.42. The van der Waals surface area contributed by atoms with Crippen molar-refractivity contribution in [3.8, 4) is 0 Å². The molecule has 0 amide bonds. The summed E-state index contributed by atoms with van der Waals surface area (Å²) in [6.45, 7) is 6.30. The van der Waals surface area contributed by atoms with Crippen LogP contribution in [-0.4, -0.2) is 46.9 Å². The lowest BCUT2D eigenvalue weighted by atomic mass is 9.96. The number of carbonyl (C=O) groups excluding carboxylic acids is 1. The first-order valence-electron chi connectivity index (χ1n) is 9.08. The van der Waals surface area contributed by atoms with Gasteiger partial charge in [0.05, 0.1) is 5.92 Å². The zero-order valence-corrected chi connectivity index (χ0v) is 17.0. The van der Waals surface area contributed by atoms with Gasteiger partial charge in [-0.05, 0) is 25.0 Å². The van der Waals surface area contributed by atoms with Crippen molar-refractivity contribution in [2.75, 3.05) is 13.1 Å². The monoisotopic (exact) mass is 408 g/mol. The molecule has 1 aliphatic heterocycles. The summed E-state index contributed by atoms with van der Waals surface area (Å²) in [6, 6.07) is 3.10. The number of rotatable bonds is 5. The second-order valence-corrected chi connectivity index (χ2v) is 9.67. The summed E-state index contributed by atoms with van der Waals surface area (Å²) in [5, 5.41) is 3.89. The molecule has 10 heteroatoms. The van der Waals surface area contributed by atoms with Crippen molar-refractivity contribution in [2.45, 2.75) is 50.5 Å². The van der Waals surface area contributed by atoms with Gasteiger partial charge in [-0.2, -0.15) is 9.29 Å². The average Bonchev–Trinajstić information content (AvgIpc) is 3.16. The van der Waals surface area contributed by atoms with Crippen LogP contribution in [0.3, 0.4) is 0 Å². The van der Waals surface area contributed by atoms with Gasteiger partial charge in [0.2, 0.25) is 10.0 Å². The van der Waals surface area contributed by atoms with E-state index in [1.54, 1.807) is 6.07 Å². The molecule has 9 nitrogen and oxygen atoms in total. The SMILES string of the molecule is CC(C)(C)c1noc(COC(=O)C2CCN(S(=O)(=O)c3cccnc3)CC2)n1. The molecule has 3 rings (SSSR count). The maximum absolute atomic E-state index is 12.6. The normalized spacial score (nSPS) is 16.8. The molecule has 3 heterocycles. The molecule has 28 heavy (non-hydrogen) atoms. The summed E-state index contributed by atoms with van der Waals surface area (Å²) in [4.78, 5) is 20.6. The first-order valence-corrected chi connectivity index (χ1v) is 10.5. The standard InChI is InChI=1S/C18H24N4O5S/c1-18(2,3)17-20-15(27-21-17)12-26-16(23)13-6-9-22(10-7-13)28(24,25)14-5-4-8-19-11-14/h4-5,8,11,13H,6-7,9-10,12H2,1-3H3. The van der Waals surface area contributed by atoms with Crippen molar-refractivity contribution in [2.24, 2.45) is 5.92 Å². The Labute approximate surface area is 164 Å². The van der Waals surface area contributed by atoms with Gasteiger partial charge in [0.1, 0.15) is 4.90 Å². The molecular weight excluding hydrogens is 384 g/mol. The van der Waals surface area contributed by atoms with E-state index in [1.807, 2.05) is 20.8 Å². The van der Waals surface area contributed by atoms with E-state index in [-0.39, 0.29) is 47.8 Å². The Kier molecular flexibility index (Phi) is 5.80. The van der Waals surface area contributed by atoms with E-state index in [0.717, 1.165) is 0 Å². The molecule has 0 spiro atoms. The molecular formula is C18H24N4O5S. The van der Waals surface area contributed by atoms with E-state index in [1.165, 1.54) is 22.8 Å². The van der Waals surface area contributed by atoms with Crippen LogP contribution in [-0.2, 0) is 31.6 Å². The van der Waals surface area contributed by atoms with Gasteiger partial charge in [-0.1, -0.05) is 25.9 Å². The van der Waals surface area contributed by atoms with Crippen LogP contribution in [0.25, 0.3) is 0 Å². The minimum Gasteiger partial charge on any atom is -0.455 e. The van der Waals surface area contributed by atoms with Crippen molar-refractivity contribution in [1.82, 2.24) is 19.4 Å². The Morgan fingerprint density at radius 1 is 1.32 bits per heavy atom. The van der Waals surface area contributed by atoms with E-state index in [4.69, 9.17) is 9.26 Å². The number of aromatic nitrogens is 3. The van der Waals surface area contributed by atoms with Crippen LogP contribution in [0.15, 0.2) is 33.9 Å². The van der Waals surface area contributed by atoms with Crippen molar-refractivity contribution in [1.29, 1.82) is 0 Å². The molecule has 0 atom stereocenters. The third kappa shape index (κ3) is 4.56. The molecule has 0 aliphatic carbocycles. The maximum atomic E-state index is 12.6. The van der Waals surface area contributed by atoms with Crippen molar-refractivity contribution >= 4 is 16.0 Å². The first kappa shape index (κ1) is 20.4. The summed E-state index contributed by atoms with van der Waals surface area (Å²) < 4.78 is 37.0. The molecule has 1 fully saturated rings. The molecule has 0 N–H and O–H groups in total. The van der Waals surface area contributed by atoms with Crippen LogP contribution >= 0.6 is 0 Å². The largest absolute Gasteiger partial charge is 0.455 e. The first-order chi connectivity index (χ1) is 13.2. The summed E-state index contributed by atoms with van der Waals surface area (Å²) in [5.41, 5.74) is -0.252. The second kappa shape index (κ2) is 7.96. The van der Waals surface area contributed by atoms with Gasteiger partial charge in [0, 0.05) is 30.9 Å². The van der Waals surface area contributed by atoms with Gasteiger partial charge in [-0.15, -0.1) is 0 Å². The van der Waals surface area contributed by atoms with Gasteiger partial charge in [-0.3, -0.25) is 9.78 Å². The number of sulfonamides is 1. The number of carbonyl (C=O) groups is 1. The molecule has 0 bridgehead atoms. The molecule has 152 valence electrons. The van der Waals surface area contributed by atoms with E-state index in [2.05, 4.69) is 15.1 Å². The predicted octanol–water partition coefficient (Wildman–Crippen LogP) is 1.91. The summed E-state index contributed by atoms with van der Waals surface area (Å²) in [5.74, 6) is 0.0571. The highest BCUT2D eigenvalue weighted by Gasteiger charge is 2.33. The van der Waals surface area contributed by atoms with Crippen LogP contribution in [0.5, 0.6) is 0 Å². The van der Waals surface area contributed by atoms with Gasteiger partial charge in [0.25, 0.3) is 5.89 Å². The fraction of sp³-hybridized carbons (Fsp3) is 0.556. The molecule has 1 saturated heterocycles. The lowest BCUT2D eigenvalue weighted by Crippen LogP contribution is -2.40. The minimum atomic E-state index is -3.59. The zero-order valence-electron chi connectivity index (χ0n) is 16.2. The van der Waals surface area contributed by atoms with E-state index in [9.17, 15) is 13.2 Å². The van der Waals surface area contributed by atoms with Crippen molar-refractivity contribution in [3.05, 3.63) is 36.2 Å². The van der Waals surface area contributed by atoms with Crippen LogP contribution in [0.1, 0.15) is 45.3 Å². The fourth-order valence-electron chi connectivity index (χ4n) is 2.85. The smallest absolute Gasteiger partial charge is 0.309 e. The summed E-state index contributed by atoms with van der Waals surface area (Å²) in [7, 11) is -3.59. The molecule has 0 unspecified atom stereocenters. The second-order valence-electron chi connectivity index (χ2n) is 7.74. The molecule has 2 aromatic rings. The summed E-state index contributed by atoms with van der Waals surface area (Å²) >= 11 is 0. The van der Waals surface area contributed by atoms with Gasteiger partial charge in [0.15, 0.2) is 12.4 Å². The Hall–Kier alpha value is -2.33. The van der Waals surface area contributed by atoms with Crippen molar-refractivity contribution in [3.63, 3.8) is 0 Å². The van der Waals surface area contributed by atoms with Crippen LogP contribution in [0.2, 0.25) is 0 Å². The Bertz CT molecular complexity index is 913. The number of hydrogen-bond donors (Lipinski definition) is 0. The highest BCUT2D eigenvalue weighted by molar-refractivity contribution is 7.89. The fourth-order valence-corrected chi connectivity index (χ4v) is 4.28. The van der Waals surface area contributed by atoms with Gasteiger partial charge in [-0.25, -0.2) is 8.42 Å². The lowest BCUT2D eigenvalue weighted by molar-refractivity contribution is -0.152. The summed E-state index contributed by atoms with van der Waals surface area (Å²) in [6.07, 6.45) is 3.64. The predicted molar refractivity (Wildman–Crippen MR) is 98.5 cm³/mol. The van der Waals surface area contributed by atoms with Crippen molar-refractivity contribution < 1.29 is 22.5 Å². The Balaban J connectivity index is 1.52. The molecule has 0 aromatic carbocycles. The quantitative estimate of drug-likeness (QED) is 0.689. The number of pyridine rings is 1. The molecule has 0 saturated carbocycles. The Morgan fingerprint density at radius 2 is 2.04 bits per heavy atom. The highest BCUT2D eigenvalue weighted by atomic mass is 32.2. The van der Waals surface area contributed by atoms with Crippen LogP contribution in [0, 0.1) is 5.92 Å². The molecule has 1 aliphatic rings. The lowest BCUT2D eigenvalue weighted by Gasteiger charge is -2.29. The van der Waals surface area contributed by atoms with Gasteiger partial charge < -0.3 is 9.26 Å². The van der Waals surface area contributed by atoms with Crippen LogP contribution < -0.4 is 0 Å². The number of esters is 1. The topological polar surface area (TPSA) is 115 Å². The zero-order chi connectivity index (χ0) is 20.4. The number of piperidine rings is 1. The van der Waals surface area contributed by atoms with E-state index >= 15 is 0 Å². The molecule has 0 radical (unpaired) electrons. The van der Waals surface area contributed by atoms with Crippen LogP contribution in [0.4, 0.5) is 0 Å².